The molecule has 0 aromatic heterocycles. The zero-order valence-corrected chi connectivity index (χ0v) is 12.2. The van der Waals surface area contributed by atoms with Crippen LogP contribution in [0.2, 0.25) is 0 Å². The van der Waals surface area contributed by atoms with E-state index in [1.54, 1.807) is 0 Å². The second-order valence-electron chi connectivity index (χ2n) is 4.31. The quantitative estimate of drug-likeness (QED) is 0.423. The van der Waals surface area contributed by atoms with E-state index in [1.807, 2.05) is 0 Å². The average Bonchev–Trinajstić information content (AvgIpc) is 2.32. The van der Waals surface area contributed by atoms with Crippen molar-refractivity contribution in [1.29, 1.82) is 0 Å². The first kappa shape index (κ1) is 18.6. The van der Waals surface area contributed by atoms with E-state index >= 15 is 0 Å². The Morgan fingerprint density at radius 3 is 1.50 bits per heavy atom. The van der Waals surface area contributed by atoms with Crippen LogP contribution in [0.15, 0.2) is 0 Å². The number of nitrogens with two attached hydrogens (primary N) is 1. The van der Waals surface area contributed by atoms with Crippen LogP contribution in [0.25, 0.3) is 0 Å². The van der Waals surface area contributed by atoms with Gasteiger partial charge in [-0.2, -0.15) is 0 Å². The van der Waals surface area contributed by atoms with Crippen LogP contribution >= 0.6 is 11.6 Å². The first-order valence-electron chi connectivity index (χ1n) is 7.09. The molecule has 0 bridgehead atoms. The monoisotopic (exact) mass is 249 g/mol. The molecule has 16 heavy (non-hydrogen) atoms. The normalized spacial score (nSPS) is 9.75. The van der Waals surface area contributed by atoms with Crippen molar-refractivity contribution in [3.63, 3.8) is 0 Å². The molecule has 0 amide bonds. The molecule has 0 atom stereocenters. The molecule has 2 N–H and O–H groups in total. The maximum atomic E-state index is 5.38. The highest BCUT2D eigenvalue weighted by Crippen LogP contribution is 2.05. The van der Waals surface area contributed by atoms with Crippen molar-refractivity contribution in [2.75, 3.05) is 12.4 Å². The van der Waals surface area contributed by atoms with Crippen molar-refractivity contribution in [3.05, 3.63) is 0 Å². The van der Waals surface area contributed by atoms with Crippen LogP contribution in [0.4, 0.5) is 0 Å². The van der Waals surface area contributed by atoms with E-state index in [4.69, 9.17) is 17.3 Å². The molecule has 0 saturated carbocycles. The van der Waals surface area contributed by atoms with Gasteiger partial charge in [-0.15, -0.1) is 11.6 Å². The third kappa shape index (κ3) is 23.8. The van der Waals surface area contributed by atoms with Gasteiger partial charge in [-0.3, -0.25) is 0 Å². The smallest absolute Gasteiger partial charge is 0.0223 e. The fourth-order valence-corrected chi connectivity index (χ4v) is 1.63. The van der Waals surface area contributed by atoms with Crippen molar-refractivity contribution in [3.8, 4) is 0 Å². The molecule has 0 spiro atoms. The van der Waals surface area contributed by atoms with Crippen LogP contribution in [0.3, 0.4) is 0 Å². The van der Waals surface area contributed by atoms with Gasteiger partial charge in [0.05, 0.1) is 0 Å². The third-order valence-corrected chi connectivity index (χ3v) is 2.81. The molecule has 100 valence electrons. The Labute approximate surface area is 108 Å². The fourth-order valence-electron chi connectivity index (χ4n) is 1.45. The first-order chi connectivity index (χ1) is 7.83. The van der Waals surface area contributed by atoms with Gasteiger partial charge in [0, 0.05) is 5.88 Å². The summed E-state index contributed by atoms with van der Waals surface area (Å²) in [6.45, 7) is 5.29. The Balaban J connectivity index is 0. The number of rotatable bonds is 10. The van der Waals surface area contributed by atoms with Gasteiger partial charge in [0.1, 0.15) is 0 Å². The summed E-state index contributed by atoms with van der Waals surface area (Å²) in [6, 6.07) is 0. The molecule has 0 unspecified atom stereocenters. The van der Waals surface area contributed by atoms with E-state index in [0.717, 1.165) is 12.4 Å². The highest BCUT2D eigenvalue weighted by molar-refractivity contribution is 6.17. The molecule has 0 aliphatic carbocycles. The number of unbranched alkanes of at least 4 members (excludes halogenated alkanes) is 8. The van der Waals surface area contributed by atoms with Crippen molar-refractivity contribution in [2.45, 2.75) is 78.1 Å². The second-order valence-corrected chi connectivity index (χ2v) is 4.68. The lowest BCUT2D eigenvalue weighted by Gasteiger charge is -1.97. The number of halogens is 1. The van der Waals surface area contributed by atoms with E-state index < -0.39 is 0 Å². The maximum Gasteiger partial charge on any atom is 0.0223 e. The van der Waals surface area contributed by atoms with Gasteiger partial charge >= 0.3 is 0 Å². The summed E-state index contributed by atoms with van der Waals surface area (Å²) < 4.78 is 0. The Morgan fingerprint density at radius 2 is 1.12 bits per heavy atom. The molecular weight excluding hydrogens is 218 g/mol. The summed E-state index contributed by atoms with van der Waals surface area (Å²) >= 11 is 5.38. The predicted octanol–water partition coefficient (Wildman–Crippen LogP) is 5.11. The Morgan fingerprint density at radius 1 is 0.688 bits per heavy atom. The third-order valence-electron chi connectivity index (χ3n) is 2.54. The van der Waals surface area contributed by atoms with Gasteiger partial charge in [0.2, 0.25) is 0 Å². The van der Waals surface area contributed by atoms with Gasteiger partial charge < -0.3 is 5.73 Å². The summed E-state index contributed by atoms with van der Waals surface area (Å²) in [4.78, 5) is 0. The second kappa shape index (κ2) is 20.6. The van der Waals surface area contributed by atoms with Crippen molar-refractivity contribution in [2.24, 2.45) is 5.73 Å². The van der Waals surface area contributed by atoms with E-state index in [2.05, 4.69) is 13.8 Å². The molecule has 0 fully saturated rings. The first-order valence-corrected chi connectivity index (χ1v) is 7.62. The van der Waals surface area contributed by atoms with Crippen LogP contribution < -0.4 is 5.73 Å². The summed E-state index contributed by atoms with van der Waals surface area (Å²) in [6.07, 6.45) is 13.2. The lowest BCUT2D eigenvalue weighted by molar-refractivity contribution is 0.593. The van der Waals surface area contributed by atoms with Gasteiger partial charge in [0.25, 0.3) is 0 Å². The Bertz CT molecular complexity index is 84.7. The molecule has 1 nitrogen and oxygen atoms in total. The van der Waals surface area contributed by atoms with Crippen LogP contribution in [-0.2, 0) is 0 Å². The molecule has 0 aliphatic heterocycles. The van der Waals surface area contributed by atoms with Crippen LogP contribution in [0.1, 0.15) is 78.1 Å². The Hall–Kier alpha value is 0.250. The lowest BCUT2D eigenvalue weighted by atomic mass is 10.1. The highest BCUT2D eigenvalue weighted by atomic mass is 35.5. The van der Waals surface area contributed by atoms with Gasteiger partial charge in [0.15, 0.2) is 0 Å². The van der Waals surface area contributed by atoms with E-state index in [1.165, 1.54) is 64.2 Å². The predicted molar refractivity (Wildman–Crippen MR) is 77.3 cm³/mol. The molecule has 2 heteroatoms. The molecule has 0 heterocycles. The molecule has 0 radical (unpaired) electrons. The van der Waals surface area contributed by atoms with Crippen LogP contribution in [0.5, 0.6) is 0 Å². The molecule has 0 aromatic carbocycles. The van der Waals surface area contributed by atoms with Gasteiger partial charge in [-0.1, -0.05) is 65.2 Å². The lowest BCUT2D eigenvalue weighted by Crippen LogP contribution is -1.97. The maximum absolute atomic E-state index is 5.38. The average molecular weight is 250 g/mol. The Kier molecular flexibility index (Phi) is 24.0. The van der Waals surface area contributed by atoms with E-state index in [0.29, 0.717) is 0 Å². The molecular formula is C14H32ClN. The molecule has 0 rings (SSSR count). The highest BCUT2D eigenvalue weighted by Gasteiger charge is 1.87. The standard InChI is InChI=1S/C9H21N.C5H11Cl/c1-2-3-4-5-6-7-8-9-10;1-2-3-4-5-6/h2-10H2,1H3;2-5H2,1H3. The minimum Gasteiger partial charge on any atom is -0.330 e. The van der Waals surface area contributed by atoms with E-state index in [9.17, 15) is 0 Å². The summed E-state index contributed by atoms with van der Waals surface area (Å²) in [5.74, 6) is 0.827. The number of alkyl halides is 1. The zero-order chi connectivity index (χ0) is 12.5. The molecule has 0 aromatic rings. The van der Waals surface area contributed by atoms with Crippen LogP contribution in [-0.4, -0.2) is 12.4 Å². The van der Waals surface area contributed by atoms with Crippen LogP contribution in [0, 0.1) is 0 Å². The van der Waals surface area contributed by atoms with Crippen molar-refractivity contribution in [1.82, 2.24) is 0 Å². The summed E-state index contributed by atoms with van der Waals surface area (Å²) in [5.41, 5.74) is 5.37. The summed E-state index contributed by atoms with van der Waals surface area (Å²) in [7, 11) is 0. The number of hydrogen-bond acceptors (Lipinski definition) is 1. The molecule has 0 aliphatic rings. The van der Waals surface area contributed by atoms with Gasteiger partial charge in [-0.25, -0.2) is 0 Å². The summed E-state index contributed by atoms with van der Waals surface area (Å²) in [5, 5.41) is 0. The van der Waals surface area contributed by atoms with Gasteiger partial charge in [-0.05, 0) is 19.4 Å². The topological polar surface area (TPSA) is 26.0 Å². The minimum absolute atomic E-state index is 0.827. The molecule has 0 saturated heterocycles. The zero-order valence-electron chi connectivity index (χ0n) is 11.4. The van der Waals surface area contributed by atoms with E-state index in [-0.39, 0.29) is 0 Å². The SMILES string of the molecule is CCCCCCCCCN.CCCCCCl. The minimum atomic E-state index is 0.827. The van der Waals surface area contributed by atoms with Crippen molar-refractivity contribution < 1.29 is 0 Å². The number of hydrogen-bond donors (Lipinski definition) is 1. The van der Waals surface area contributed by atoms with Crippen molar-refractivity contribution >= 4 is 11.6 Å². The fraction of sp³-hybridized carbons (Fsp3) is 1.00. The largest absolute Gasteiger partial charge is 0.330 e.